The van der Waals surface area contributed by atoms with Gasteiger partial charge in [-0.1, -0.05) is 12.1 Å². The smallest absolute Gasteiger partial charge is 0.236 e. The molecule has 0 spiro atoms. The van der Waals surface area contributed by atoms with E-state index in [2.05, 4.69) is 10.2 Å². The molecule has 0 saturated heterocycles. The molecule has 0 aliphatic heterocycles. The molecule has 0 aromatic heterocycles. The van der Waals surface area contributed by atoms with Crippen LogP contribution in [0, 0.1) is 5.82 Å². The SMILES string of the molecule is C[C@@H](N)C(=O)NCCN(C)Cc1ccc(F)cc1.Cl.Cl. The number of hydrogen-bond acceptors (Lipinski definition) is 3. The third kappa shape index (κ3) is 8.32. The fraction of sp³-hybridized carbons (Fsp3) is 0.462. The Morgan fingerprint density at radius 1 is 1.35 bits per heavy atom. The maximum atomic E-state index is 12.7. The molecule has 0 aliphatic carbocycles. The third-order valence-corrected chi connectivity index (χ3v) is 2.57. The van der Waals surface area contributed by atoms with Gasteiger partial charge in [0.25, 0.3) is 0 Å². The minimum Gasteiger partial charge on any atom is -0.353 e. The average Bonchev–Trinajstić information content (AvgIpc) is 2.32. The summed E-state index contributed by atoms with van der Waals surface area (Å²) in [6.07, 6.45) is 0. The Balaban J connectivity index is 0. The molecule has 3 N–H and O–H groups in total. The third-order valence-electron chi connectivity index (χ3n) is 2.57. The molecule has 116 valence electrons. The van der Waals surface area contributed by atoms with E-state index in [4.69, 9.17) is 5.73 Å². The summed E-state index contributed by atoms with van der Waals surface area (Å²) < 4.78 is 12.7. The van der Waals surface area contributed by atoms with E-state index >= 15 is 0 Å². The van der Waals surface area contributed by atoms with Crippen molar-refractivity contribution in [3.05, 3.63) is 35.6 Å². The highest BCUT2D eigenvalue weighted by Crippen LogP contribution is 2.04. The Kier molecular flexibility index (Phi) is 11.6. The second kappa shape index (κ2) is 10.9. The number of carbonyl (C=O) groups is 1. The standard InChI is InChI=1S/C13H20FN3O.2ClH/c1-10(15)13(18)16-7-8-17(2)9-11-3-5-12(14)6-4-11;;/h3-6,10H,7-9,15H2,1-2H3,(H,16,18);2*1H/t10-;;/m1../s1. The minimum absolute atomic E-state index is 0. The van der Waals surface area contributed by atoms with E-state index in [1.54, 1.807) is 19.1 Å². The molecule has 1 rings (SSSR count). The Morgan fingerprint density at radius 3 is 2.40 bits per heavy atom. The number of likely N-dealkylation sites (N-methyl/N-ethyl adjacent to an activating group) is 1. The monoisotopic (exact) mass is 325 g/mol. The number of halogens is 3. The van der Waals surface area contributed by atoms with Gasteiger partial charge in [0.05, 0.1) is 6.04 Å². The first-order valence-electron chi connectivity index (χ1n) is 5.95. The molecule has 0 fully saturated rings. The van der Waals surface area contributed by atoms with Gasteiger partial charge in [-0.3, -0.25) is 4.79 Å². The fourth-order valence-electron chi connectivity index (χ4n) is 1.51. The first-order valence-corrected chi connectivity index (χ1v) is 5.95. The lowest BCUT2D eigenvalue weighted by molar-refractivity contribution is -0.122. The molecule has 0 saturated carbocycles. The number of nitrogens with zero attached hydrogens (tertiary/aromatic N) is 1. The highest BCUT2D eigenvalue weighted by atomic mass is 35.5. The Bertz CT molecular complexity index is 388. The molecule has 0 bridgehead atoms. The van der Waals surface area contributed by atoms with Gasteiger partial charge < -0.3 is 16.0 Å². The topological polar surface area (TPSA) is 58.4 Å². The van der Waals surface area contributed by atoms with Crippen LogP contribution in [0.15, 0.2) is 24.3 Å². The molecule has 1 atom stereocenters. The van der Waals surface area contributed by atoms with E-state index in [0.717, 1.165) is 12.1 Å². The van der Waals surface area contributed by atoms with Crippen LogP contribution in [0.2, 0.25) is 0 Å². The largest absolute Gasteiger partial charge is 0.353 e. The van der Waals surface area contributed by atoms with Gasteiger partial charge in [-0.15, -0.1) is 24.8 Å². The zero-order valence-electron chi connectivity index (χ0n) is 11.6. The van der Waals surface area contributed by atoms with Crippen LogP contribution in [0.5, 0.6) is 0 Å². The lowest BCUT2D eigenvalue weighted by Gasteiger charge is -2.17. The van der Waals surface area contributed by atoms with Crippen molar-refractivity contribution in [1.29, 1.82) is 0 Å². The minimum atomic E-state index is -0.479. The lowest BCUT2D eigenvalue weighted by atomic mass is 10.2. The van der Waals surface area contributed by atoms with Crippen molar-refractivity contribution in [3.63, 3.8) is 0 Å². The van der Waals surface area contributed by atoms with Crippen molar-refractivity contribution in [1.82, 2.24) is 10.2 Å². The fourth-order valence-corrected chi connectivity index (χ4v) is 1.51. The summed E-state index contributed by atoms with van der Waals surface area (Å²) in [5, 5.41) is 2.74. The number of hydrogen-bond donors (Lipinski definition) is 2. The number of carbonyl (C=O) groups excluding carboxylic acids is 1. The molecule has 4 nitrogen and oxygen atoms in total. The van der Waals surface area contributed by atoms with Gasteiger partial charge in [-0.05, 0) is 31.7 Å². The molecule has 1 aromatic rings. The number of nitrogens with two attached hydrogens (primary N) is 1. The van der Waals surface area contributed by atoms with E-state index in [1.807, 2.05) is 7.05 Å². The predicted molar refractivity (Wildman–Crippen MR) is 83.9 cm³/mol. The van der Waals surface area contributed by atoms with Crippen LogP contribution in [-0.2, 0) is 11.3 Å². The summed E-state index contributed by atoms with van der Waals surface area (Å²) in [5.41, 5.74) is 6.47. The normalized spacial score (nSPS) is 11.2. The van der Waals surface area contributed by atoms with Crippen molar-refractivity contribution >= 4 is 30.7 Å². The van der Waals surface area contributed by atoms with Crippen LogP contribution < -0.4 is 11.1 Å². The lowest BCUT2D eigenvalue weighted by Crippen LogP contribution is -2.41. The average molecular weight is 326 g/mol. The van der Waals surface area contributed by atoms with Crippen LogP contribution in [-0.4, -0.2) is 37.0 Å². The first kappa shape index (κ1) is 21.4. The van der Waals surface area contributed by atoms with Crippen LogP contribution >= 0.6 is 24.8 Å². The van der Waals surface area contributed by atoms with Gasteiger partial charge in [-0.2, -0.15) is 0 Å². The second-order valence-corrected chi connectivity index (χ2v) is 4.44. The number of nitrogens with one attached hydrogen (secondary N) is 1. The first-order chi connectivity index (χ1) is 8.49. The van der Waals surface area contributed by atoms with Gasteiger partial charge in [0.15, 0.2) is 0 Å². The Morgan fingerprint density at radius 2 is 1.90 bits per heavy atom. The summed E-state index contributed by atoms with van der Waals surface area (Å²) in [5.74, 6) is -0.379. The maximum absolute atomic E-state index is 12.7. The van der Waals surface area contributed by atoms with Crippen LogP contribution in [0.1, 0.15) is 12.5 Å². The van der Waals surface area contributed by atoms with E-state index in [1.165, 1.54) is 12.1 Å². The molecule has 0 radical (unpaired) electrons. The molecule has 20 heavy (non-hydrogen) atoms. The van der Waals surface area contributed by atoms with E-state index < -0.39 is 6.04 Å². The quantitative estimate of drug-likeness (QED) is 0.834. The van der Waals surface area contributed by atoms with Crippen molar-refractivity contribution in [2.45, 2.75) is 19.5 Å². The van der Waals surface area contributed by atoms with Crippen molar-refractivity contribution in [2.24, 2.45) is 5.73 Å². The summed E-state index contributed by atoms with van der Waals surface area (Å²) in [7, 11) is 1.95. The molecule has 1 aromatic carbocycles. The second-order valence-electron chi connectivity index (χ2n) is 4.44. The molecule has 0 unspecified atom stereocenters. The van der Waals surface area contributed by atoms with Gasteiger partial charge in [-0.25, -0.2) is 4.39 Å². The number of amides is 1. The molecule has 0 aliphatic rings. The maximum Gasteiger partial charge on any atom is 0.236 e. The van der Waals surface area contributed by atoms with Crippen LogP contribution in [0.3, 0.4) is 0 Å². The summed E-state index contributed by atoms with van der Waals surface area (Å²) in [6, 6.07) is 5.92. The summed E-state index contributed by atoms with van der Waals surface area (Å²) in [6.45, 7) is 3.64. The molecular formula is C13H22Cl2FN3O. The highest BCUT2D eigenvalue weighted by molar-refractivity contribution is 5.85. The van der Waals surface area contributed by atoms with E-state index in [-0.39, 0.29) is 36.5 Å². The zero-order valence-corrected chi connectivity index (χ0v) is 13.3. The summed E-state index contributed by atoms with van der Waals surface area (Å²) >= 11 is 0. The Hall–Kier alpha value is -0.880. The zero-order chi connectivity index (χ0) is 13.5. The molecular weight excluding hydrogens is 304 g/mol. The predicted octanol–water partition coefficient (Wildman–Crippen LogP) is 1.56. The van der Waals surface area contributed by atoms with Gasteiger partial charge in [0.2, 0.25) is 5.91 Å². The van der Waals surface area contributed by atoms with Crippen molar-refractivity contribution in [3.8, 4) is 0 Å². The van der Waals surface area contributed by atoms with Crippen LogP contribution in [0.25, 0.3) is 0 Å². The molecule has 1 amide bonds. The van der Waals surface area contributed by atoms with E-state index in [0.29, 0.717) is 13.1 Å². The van der Waals surface area contributed by atoms with Gasteiger partial charge >= 0.3 is 0 Å². The molecule has 0 heterocycles. The van der Waals surface area contributed by atoms with Crippen molar-refractivity contribution in [2.75, 3.05) is 20.1 Å². The summed E-state index contributed by atoms with van der Waals surface area (Å²) in [4.78, 5) is 13.3. The van der Waals surface area contributed by atoms with Gasteiger partial charge in [0.1, 0.15) is 5.82 Å². The van der Waals surface area contributed by atoms with E-state index in [9.17, 15) is 9.18 Å². The van der Waals surface area contributed by atoms with Crippen LogP contribution in [0.4, 0.5) is 4.39 Å². The number of benzene rings is 1. The van der Waals surface area contributed by atoms with Crippen molar-refractivity contribution < 1.29 is 9.18 Å². The highest BCUT2D eigenvalue weighted by Gasteiger charge is 2.06. The van der Waals surface area contributed by atoms with Gasteiger partial charge in [0, 0.05) is 19.6 Å². The number of rotatable bonds is 6. The molecule has 7 heteroatoms. The Labute approximate surface area is 131 Å².